The molecule has 0 aromatic heterocycles. The van der Waals surface area contributed by atoms with Crippen LogP contribution in [0.1, 0.15) is 5.56 Å². The molecule has 0 radical (unpaired) electrons. The highest BCUT2D eigenvalue weighted by atomic mass is 127. The van der Waals surface area contributed by atoms with E-state index in [1.54, 1.807) is 7.11 Å². The largest absolute Gasteiger partial charge is 0.495 e. The van der Waals surface area contributed by atoms with Crippen LogP contribution in [0.15, 0.2) is 12.1 Å². The maximum Gasteiger partial charge on any atom is 0.136 e. The van der Waals surface area contributed by atoms with Crippen molar-refractivity contribution in [2.75, 3.05) is 7.11 Å². The summed E-state index contributed by atoms with van der Waals surface area (Å²) in [6, 6.07) is 3.67. The molecule has 12 heavy (non-hydrogen) atoms. The molecule has 2 N–H and O–H groups in total. The van der Waals surface area contributed by atoms with Crippen LogP contribution in [-0.2, 0) is 6.54 Å². The first kappa shape index (κ1) is 10.1. The molecule has 0 amide bonds. The highest BCUT2D eigenvalue weighted by Crippen LogP contribution is 2.28. The number of methoxy groups -OCH3 is 1. The number of nitrogens with two attached hydrogens (primary N) is 1. The van der Waals surface area contributed by atoms with E-state index in [0.29, 0.717) is 11.6 Å². The van der Waals surface area contributed by atoms with Crippen LogP contribution in [0.5, 0.6) is 5.75 Å². The molecule has 0 heterocycles. The van der Waals surface area contributed by atoms with Crippen molar-refractivity contribution in [3.63, 3.8) is 0 Å². The molecule has 0 aliphatic carbocycles. The SMILES string of the molecule is COc1c(I)cc(Cl)cc1CN. The normalized spacial score (nSPS) is 10.0. The highest BCUT2D eigenvalue weighted by Gasteiger charge is 2.06. The van der Waals surface area contributed by atoms with Crippen molar-refractivity contribution in [3.05, 3.63) is 26.3 Å². The summed E-state index contributed by atoms with van der Waals surface area (Å²) in [5, 5.41) is 0.695. The molecule has 1 aromatic rings. The molecular weight excluding hydrogens is 288 g/mol. The standard InChI is InChI=1S/C8H9ClINO/c1-12-8-5(4-11)2-6(9)3-7(8)10/h2-3H,4,11H2,1H3. The minimum Gasteiger partial charge on any atom is -0.495 e. The van der Waals surface area contributed by atoms with Gasteiger partial charge in [0.2, 0.25) is 0 Å². The fourth-order valence-electron chi connectivity index (χ4n) is 0.994. The van der Waals surface area contributed by atoms with Gasteiger partial charge in [-0.15, -0.1) is 0 Å². The summed E-state index contributed by atoms with van der Waals surface area (Å²) < 4.78 is 6.16. The predicted octanol–water partition coefficient (Wildman–Crippen LogP) is 2.41. The molecule has 66 valence electrons. The summed E-state index contributed by atoms with van der Waals surface area (Å²) in [6.45, 7) is 0.444. The van der Waals surface area contributed by atoms with Crippen LogP contribution >= 0.6 is 34.2 Å². The van der Waals surface area contributed by atoms with Crippen molar-refractivity contribution in [3.8, 4) is 5.75 Å². The summed E-state index contributed by atoms with van der Waals surface area (Å²) in [6.07, 6.45) is 0. The van der Waals surface area contributed by atoms with Crippen LogP contribution in [0, 0.1) is 3.57 Å². The van der Waals surface area contributed by atoms with Gasteiger partial charge in [-0.25, -0.2) is 0 Å². The molecule has 1 aromatic carbocycles. The quantitative estimate of drug-likeness (QED) is 0.851. The molecule has 2 nitrogen and oxygen atoms in total. The van der Waals surface area contributed by atoms with Crippen molar-refractivity contribution in [2.45, 2.75) is 6.54 Å². The first-order valence-electron chi connectivity index (χ1n) is 3.41. The fraction of sp³-hybridized carbons (Fsp3) is 0.250. The van der Waals surface area contributed by atoms with E-state index < -0.39 is 0 Å². The molecule has 0 atom stereocenters. The molecule has 0 fully saturated rings. The average molecular weight is 298 g/mol. The molecule has 4 heteroatoms. The van der Waals surface area contributed by atoms with Gasteiger partial charge in [0.1, 0.15) is 5.75 Å². The first-order valence-corrected chi connectivity index (χ1v) is 4.86. The molecule has 0 saturated heterocycles. The minimum absolute atomic E-state index is 0.444. The van der Waals surface area contributed by atoms with E-state index in [2.05, 4.69) is 22.6 Å². The summed E-state index contributed by atoms with van der Waals surface area (Å²) in [7, 11) is 1.63. The Kier molecular flexibility index (Phi) is 3.61. The third-order valence-corrected chi connectivity index (χ3v) is 2.53. The van der Waals surface area contributed by atoms with E-state index in [4.69, 9.17) is 22.1 Å². The van der Waals surface area contributed by atoms with Gasteiger partial charge in [0.15, 0.2) is 0 Å². The maximum absolute atomic E-state index is 5.84. The fourth-order valence-corrected chi connectivity index (χ4v) is 2.32. The Morgan fingerprint density at radius 2 is 2.25 bits per heavy atom. The van der Waals surface area contributed by atoms with Crippen LogP contribution in [0.2, 0.25) is 5.02 Å². The average Bonchev–Trinajstić information content (AvgIpc) is 2.03. The Morgan fingerprint density at radius 3 is 2.75 bits per heavy atom. The van der Waals surface area contributed by atoms with Crippen molar-refractivity contribution < 1.29 is 4.74 Å². The zero-order chi connectivity index (χ0) is 9.14. The van der Waals surface area contributed by atoms with Gasteiger partial charge in [0.05, 0.1) is 10.7 Å². The van der Waals surface area contributed by atoms with Crippen LogP contribution < -0.4 is 10.5 Å². The van der Waals surface area contributed by atoms with E-state index in [9.17, 15) is 0 Å². The molecular formula is C8H9ClINO. The molecule has 0 spiro atoms. The van der Waals surface area contributed by atoms with Gasteiger partial charge in [-0.3, -0.25) is 0 Å². The number of halogens is 2. The molecule has 0 aliphatic heterocycles. The minimum atomic E-state index is 0.444. The second-order valence-corrected chi connectivity index (χ2v) is 3.88. The van der Waals surface area contributed by atoms with Gasteiger partial charge in [-0.1, -0.05) is 11.6 Å². The Balaban J connectivity index is 3.24. The Hall–Kier alpha value is -0.0000000000000000763. The number of ether oxygens (including phenoxy) is 1. The summed E-state index contributed by atoms with van der Waals surface area (Å²) in [5.74, 6) is 0.822. The number of hydrogen-bond donors (Lipinski definition) is 1. The maximum atomic E-state index is 5.84. The number of benzene rings is 1. The van der Waals surface area contributed by atoms with Crippen LogP contribution in [0.4, 0.5) is 0 Å². The van der Waals surface area contributed by atoms with Crippen molar-refractivity contribution in [1.82, 2.24) is 0 Å². The van der Waals surface area contributed by atoms with E-state index in [1.165, 1.54) is 0 Å². The smallest absolute Gasteiger partial charge is 0.136 e. The number of hydrogen-bond acceptors (Lipinski definition) is 2. The molecule has 0 saturated carbocycles. The van der Waals surface area contributed by atoms with E-state index in [1.807, 2.05) is 12.1 Å². The topological polar surface area (TPSA) is 35.2 Å². The van der Waals surface area contributed by atoms with E-state index >= 15 is 0 Å². The molecule has 1 rings (SSSR count). The van der Waals surface area contributed by atoms with Gasteiger partial charge in [0, 0.05) is 17.1 Å². The third kappa shape index (κ3) is 2.02. The molecule has 0 unspecified atom stereocenters. The molecule has 0 bridgehead atoms. The second-order valence-electron chi connectivity index (χ2n) is 2.28. The Labute approximate surface area is 90.2 Å². The van der Waals surface area contributed by atoms with Crippen molar-refractivity contribution >= 4 is 34.2 Å². The molecule has 0 aliphatic rings. The highest BCUT2D eigenvalue weighted by molar-refractivity contribution is 14.1. The van der Waals surface area contributed by atoms with Crippen molar-refractivity contribution in [2.24, 2.45) is 5.73 Å². The van der Waals surface area contributed by atoms with E-state index in [0.717, 1.165) is 14.9 Å². The lowest BCUT2D eigenvalue weighted by Crippen LogP contribution is -2.01. The van der Waals surface area contributed by atoms with Gasteiger partial charge >= 0.3 is 0 Å². The lowest BCUT2D eigenvalue weighted by atomic mass is 10.2. The van der Waals surface area contributed by atoms with Gasteiger partial charge in [-0.2, -0.15) is 0 Å². The second kappa shape index (κ2) is 4.30. The van der Waals surface area contributed by atoms with Crippen LogP contribution in [-0.4, -0.2) is 7.11 Å². The monoisotopic (exact) mass is 297 g/mol. The Bertz CT molecular complexity index is 291. The summed E-state index contributed by atoms with van der Waals surface area (Å²) in [4.78, 5) is 0. The summed E-state index contributed by atoms with van der Waals surface area (Å²) >= 11 is 8.01. The van der Waals surface area contributed by atoms with Crippen LogP contribution in [0.25, 0.3) is 0 Å². The zero-order valence-electron chi connectivity index (χ0n) is 6.60. The predicted molar refractivity (Wildman–Crippen MR) is 58.6 cm³/mol. The zero-order valence-corrected chi connectivity index (χ0v) is 9.52. The number of rotatable bonds is 2. The first-order chi connectivity index (χ1) is 5.69. The van der Waals surface area contributed by atoms with E-state index in [-0.39, 0.29) is 0 Å². The summed E-state index contributed by atoms with van der Waals surface area (Å²) in [5.41, 5.74) is 6.46. The van der Waals surface area contributed by atoms with Gasteiger partial charge in [0.25, 0.3) is 0 Å². The Morgan fingerprint density at radius 1 is 1.58 bits per heavy atom. The lowest BCUT2D eigenvalue weighted by Gasteiger charge is -2.08. The van der Waals surface area contributed by atoms with Gasteiger partial charge in [-0.05, 0) is 34.7 Å². The van der Waals surface area contributed by atoms with Crippen LogP contribution in [0.3, 0.4) is 0 Å². The van der Waals surface area contributed by atoms with Crippen molar-refractivity contribution in [1.29, 1.82) is 0 Å². The third-order valence-electron chi connectivity index (χ3n) is 1.51. The van der Waals surface area contributed by atoms with Gasteiger partial charge < -0.3 is 10.5 Å². The lowest BCUT2D eigenvalue weighted by molar-refractivity contribution is 0.407.